The summed E-state index contributed by atoms with van der Waals surface area (Å²) < 4.78 is 13.5. The number of benzene rings is 1. The summed E-state index contributed by atoms with van der Waals surface area (Å²) in [6.45, 7) is 2.35. The molecule has 1 aromatic rings. The van der Waals surface area contributed by atoms with Crippen LogP contribution in [0.1, 0.15) is 81.8 Å². The molecule has 35 heavy (non-hydrogen) atoms. The van der Waals surface area contributed by atoms with Crippen molar-refractivity contribution in [1.29, 1.82) is 0 Å². The minimum atomic E-state index is -0.483. The fourth-order valence-corrected chi connectivity index (χ4v) is 10.7. The highest BCUT2D eigenvalue weighted by Crippen LogP contribution is 2.77. The van der Waals surface area contributed by atoms with E-state index in [1.54, 1.807) is 0 Å². The Kier molecular flexibility index (Phi) is 4.46. The molecule has 1 saturated heterocycles. The van der Waals surface area contributed by atoms with Gasteiger partial charge in [0.15, 0.2) is 11.5 Å². The van der Waals surface area contributed by atoms with Gasteiger partial charge in [-0.05, 0) is 81.4 Å². The van der Waals surface area contributed by atoms with Crippen LogP contribution in [0.25, 0.3) is 0 Å². The van der Waals surface area contributed by atoms with E-state index in [-0.39, 0.29) is 34.7 Å². The number of likely N-dealkylation sites (tertiary alicyclic amines) is 1. The minimum Gasteiger partial charge on any atom is -0.504 e. The number of aliphatic hydroxyl groups is 1. The molecule has 2 aliphatic heterocycles. The SMILES string of the molecule is CO[C@]12CC[C@@]3(C[C@@H]1[C@@H](O)CC1CCCC1)[C@H]1Cc4ccc(O)c5c4[C@@]3(CCN1CC1CC1)[C@H]2O5. The van der Waals surface area contributed by atoms with E-state index in [0.717, 1.165) is 56.7 Å². The molecule has 0 aromatic heterocycles. The molecule has 2 spiro atoms. The molecule has 5 heteroatoms. The fraction of sp³-hybridized carbons (Fsp3) is 0.800. The number of rotatable bonds is 6. The van der Waals surface area contributed by atoms with Crippen LogP contribution in [0.5, 0.6) is 11.5 Å². The van der Waals surface area contributed by atoms with E-state index in [1.165, 1.54) is 56.2 Å². The Bertz CT molecular complexity index is 1050. The van der Waals surface area contributed by atoms with Gasteiger partial charge in [-0.25, -0.2) is 0 Å². The number of fused-ring (bicyclic) bond motifs is 2. The second-order valence-electron chi connectivity index (χ2n) is 13.4. The maximum absolute atomic E-state index is 11.9. The monoisotopic (exact) mass is 479 g/mol. The summed E-state index contributed by atoms with van der Waals surface area (Å²) in [5.41, 5.74) is 2.21. The Hall–Kier alpha value is -1.30. The predicted octanol–water partition coefficient (Wildman–Crippen LogP) is 4.56. The third-order valence-electron chi connectivity index (χ3n) is 12.2. The van der Waals surface area contributed by atoms with Crippen LogP contribution in [0.3, 0.4) is 0 Å². The molecule has 2 N–H and O–H groups in total. The summed E-state index contributed by atoms with van der Waals surface area (Å²) in [7, 11) is 1.86. The number of nitrogens with zero attached hydrogens (tertiary/aromatic N) is 1. The van der Waals surface area contributed by atoms with Crippen molar-refractivity contribution >= 4 is 0 Å². The molecule has 5 saturated carbocycles. The maximum atomic E-state index is 11.9. The van der Waals surface area contributed by atoms with Crippen LogP contribution in [0.15, 0.2) is 12.1 Å². The zero-order chi connectivity index (χ0) is 23.6. The van der Waals surface area contributed by atoms with E-state index in [9.17, 15) is 10.2 Å². The lowest BCUT2D eigenvalue weighted by Crippen LogP contribution is -2.81. The second-order valence-corrected chi connectivity index (χ2v) is 13.4. The molecule has 8 aliphatic rings. The number of hydrogen-bond acceptors (Lipinski definition) is 5. The van der Waals surface area contributed by atoms with E-state index in [2.05, 4.69) is 11.0 Å². The van der Waals surface area contributed by atoms with E-state index < -0.39 is 5.60 Å². The summed E-state index contributed by atoms with van der Waals surface area (Å²) in [4.78, 5) is 2.85. The summed E-state index contributed by atoms with van der Waals surface area (Å²) in [5.74, 6) is 2.65. The minimum absolute atomic E-state index is 0.0957. The number of methoxy groups -OCH3 is 1. The van der Waals surface area contributed by atoms with Gasteiger partial charge in [0.1, 0.15) is 11.7 Å². The number of phenolic OH excluding ortho intramolecular Hbond substituents is 1. The average molecular weight is 480 g/mol. The van der Waals surface area contributed by atoms with Crippen molar-refractivity contribution in [3.05, 3.63) is 23.3 Å². The molecule has 1 aromatic carbocycles. The van der Waals surface area contributed by atoms with Gasteiger partial charge in [-0.15, -0.1) is 0 Å². The molecule has 7 atom stereocenters. The average Bonchev–Trinajstić information content (AvgIpc) is 3.38. The molecule has 0 unspecified atom stereocenters. The molecule has 190 valence electrons. The van der Waals surface area contributed by atoms with Gasteiger partial charge in [0.05, 0.1) is 6.10 Å². The zero-order valence-electron chi connectivity index (χ0n) is 21.2. The van der Waals surface area contributed by atoms with Gasteiger partial charge in [0.25, 0.3) is 0 Å². The van der Waals surface area contributed by atoms with Crippen molar-refractivity contribution in [2.45, 2.75) is 106 Å². The summed E-state index contributed by atoms with van der Waals surface area (Å²) >= 11 is 0. The molecule has 6 aliphatic carbocycles. The number of piperidine rings is 1. The molecule has 0 radical (unpaired) electrons. The molecule has 0 amide bonds. The van der Waals surface area contributed by atoms with Crippen LogP contribution in [-0.2, 0) is 16.6 Å². The van der Waals surface area contributed by atoms with Crippen LogP contribution in [-0.4, -0.2) is 59.2 Å². The molecule has 6 fully saturated rings. The first-order valence-corrected chi connectivity index (χ1v) is 14.5. The van der Waals surface area contributed by atoms with Crippen LogP contribution in [0.4, 0.5) is 0 Å². The molecular formula is C30H41NO4. The summed E-state index contributed by atoms with van der Waals surface area (Å²) in [6, 6.07) is 4.54. The predicted molar refractivity (Wildman–Crippen MR) is 133 cm³/mol. The van der Waals surface area contributed by atoms with Gasteiger partial charge in [-0.3, -0.25) is 4.90 Å². The van der Waals surface area contributed by atoms with E-state index in [4.69, 9.17) is 9.47 Å². The Labute approximate surface area is 209 Å². The lowest BCUT2D eigenvalue weighted by Gasteiger charge is -2.74. The Balaban J connectivity index is 1.28. The summed E-state index contributed by atoms with van der Waals surface area (Å²) in [6.07, 6.45) is 13.7. The van der Waals surface area contributed by atoms with Crippen LogP contribution < -0.4 is 4.74 Å². The largest absolute Gasteiger partial charge is 0.504 e. The van der Waals surface area contributed by atoms with E-state index in [1.807, 2.05) is 13.2 Å². The normalized spacial score (nSPS) is 44.3. The van der Waals surface area contributed by atoms with E-state index in [0.29, 0.717) is 12.0 Å². The maximum Gasteiger partial charge on any atom is 0.165 e. The van der Waals surface area contributed by atoms with Gasteiger partial charge in [0, 0.05) is 42.0 Å². The molecule has 5 nitrogen and oxygen atoms in total. The highest BCUT2D eigenvalue weighted by molar-refractivity contribution is 5.63. The Morgan fingerprint density at radius 2 is 1.94 bits per heavy atom. The van der Waals surface area contributed by atoms with Crippen LogP contribution in [0, 0.1) is 23.2 Å². The highest BCUT2D eigenvalue weighted by Gasteiger charge is 2.81. The number of hydrogen-bond donors (Lipinski definition) is 2. The first-order chi connectivity index (χ1) is 17.0. The number of phenols is 1. The van der Waals surface area contributed by atoms with Crippen molar-refractivity contribution in [2.75, 3.05) is 20.2 Å². The highest BCUT2D eigenvalue weighted by atomic mass is 16.6. The molecule has 4 bridgehead atoms. The first kappa shape index (κ1) is 21.8. The van der Waals surface area contributed by atoms with Gasteiger partial charge in [-0.2, -0.15) is 0 Å². The summed E-state index contributed by atoms with van der Waals surface area (Å²) in [5, 5.41) is 22.8. The van der Waals surface area contributed by atoms with E-state index >= 15 is 0 Å². The Morgan fingerprint density at radius 1 is 1.11 bits per heavy atom. The standard InChI is InChI=1S/C30H41NO4/c1-34-30-11-10-28(16-21(30)23(33)14-18-4-2-3-5-18)24-15-20-8-9-22(32)26-25(20)29(28,27(30)35-26)12-13-31(24)17-19-6-7-19/h8-9,18-19,21,23-24,27,32-33H,2-7,10-17H2,1H3/t21-,23+,24-,27-,28-,29+,30-/m1/s1. The van der Waals surface area contributed by atoms with Gasteiger partial charge in [-0.1, -0.05) is 31.7 Å². The first-order valence-electron chi connectivity index (χ1n) is 14.5. The second kappa shape index (κ2) is 7.17. The third kappa shape index (κ3) is 2.56. The van der Waals surface area contributed by atoms with Crippen molar-refractivity contribution in [3.8, 4) is 11.5 Å². The van der Waals surface area contributed by atoms with Crippen molar-refractivity contribution < 1.29 is 19.7 Å². The Morgan fingerprint density at radius 3 is 2.71 bits per heavy atom. The number of aromatic hydroxyl groups is 1. The van der Waals surface area contributed by atoms with Crippen molar-refractivity contribution in [2.24, 2.45) is 23.2 Å². The third-order valence-corrected chi connectivity index (χ3v) is 12.2. The number of ether oxygens (including phenoxy) is 2. The topological polar surface area (TPSA) is 62.2 Å². The van der Waals surface area contributed by atoms with Crippen LogP contribution in [0.2, 0.25) is 0 Å². The van der Waals surface area contributed by atoms with Gasteiger partial charge >= 0.3 is 0 Å². The lowest BCUT2D eigenvalue weighted by atomic mass is 9.34. The molecule has 9 rings (SSSR count). The molecule has 2 heterocycles. The quantitative estimate of drug-likeness (QED) is 0.627. The van der Waals surface area contributed by atoms with Crippen LogP contribution >= 0.6 is 0 Å². The number of aliphatic hydroxyl groups excluding tert-OH is 1. The van der Waals surface area contributed by atoms with Gasteiger partial charge in [0.2, 0.25) is 0 Å². The van der Waals surface area contributed by atoms with Crippen molar-refractivity contribution in [3.63, 3.8) is 0 Å². The zero-order valence-corrected chi connectivity index (χ0v) is 21.2. The lowest BCUT2D eigenvalue weighted by molar-refractivity contribution is -0.291. The fourth-order valence-electron chi connectivity index (χ4n) is 10.7. The van der Waals surface area contributed by atoms with Crippen molar-refractivity contribution in [1.82, 2.24) is 4.90 Å². The molecular weight excluding hydrogens is 438 g/mol. The van der Waals surface area contributed by atoms with Gasteiger partial charge < -0.3 is 19.7 Å². The smallest absolute Gasteiger partial charge is 0.165 e.